The standard InChI is InChI=1S/C17H28N4S/c1-20(2)12-9-18-17(22)19-13-15-5-7-16(8-6-15)14-21-10-3-4-11-21/h5-8H,3-4,9-14H2,1-2H3,(H2,18,19,22). The molecular formula is C17H28N4S. The van der Waals surface area contributed by atoms with E-state index in [1.54, 1.807) is 0 Å². The van der Waals surface area contributed by atoms with Gasteiger partial charge in [-0.05, 0) is 63.4 Å². The van der Waals surface area contributed by atoms with E-state index in [0.717, 1.165) is 31.3 Å². The molecule has 22 heavy (non-hydrogen) atoms. The third-order valence-electron chi connectivity index (χ3n) is 3.93. The van der Waals surface area contributed by atoms with Crippen LogP contribution in [0.4, 0.5) is 0 Å². The second-order valence-corrected chi connectivity index (χ2v) is 6.62. The number of hydrogen-bond acceptors (Lipinski definition) is 3. The van der Waals surface area contributed by atoms with Crippen LogP contribution in [0, 0.1) is 0 Å². The van der Waals surface area contributed by atoms with Crippen molar-refractivity contribution >= 4 is 17.3 Å². The van der Waals surface area contributed by atoms with Gasteiger partial charge in [0.1, 0.15) is 0 Å². The Kier molecular flexibility index (Phi) is 7.09. The summed E-state index contributed by atoms with van der Waals surface area (Å²) in [7, 11) is 4.11. The lowest BCUT2D eigenvalue weighted by Gasteiger charge is -2.15. The van der Waals surface area contributed by atoms with E-state index in [1.165, 1.54) is 37.1 Å². The number of rotatable bonds is 7. The van der Waals surface area contributed by atoms with Gasteiger partial charge in [-0.25, -0.2) is 0 Å². The quantitative estimate of drug-likeness (QED) is 0.748. The van der Waals surface area contributed by atoms with Crippen molar-refractivity contribution < 1.29 is 0 Å². The van der Waals surface area contributed by atoms with Gasteiger partial charge in [-0.2, -0.15) is 0 Å². The van der Waals surface area contributed by atoms with Crippen LogP contribution in [-0.2, 0) is 13.1 Å². The van der Waals surface area contributed by atoms with Gasteiger partial charge >= 0.3 is 0 Å². The Balaban J connectivity index is 1.68. The molecule has 0 unspecified atom stereocenters. The summed E-state index contributed by atoms with van der Waals surface area (Å²) in [5.41, 5.74) is 2.67. The number of nitrogens with zero attached hydrogens (tertiary/aromatic N) is 2. The minimum absolute atomic E-state index is 0.725. The van der Waals surface area contributed by atoms with Crippen molar-refractivity contribution in [1.29, 1.82) is 0 Å². The number of likely N-dealkylation sites (N-methyl/N-ethyl adjacent to an activating group) is 1. The first-order valence-corrected chi connectivity index (χ1v) is 8.51. The third-order valence-corrected chi connectivity index (χ3v) is 4.21. The fraction of sp³-hybridized carbons (Fsp3) is 0.588. The van der Waals surface area contributed by atoms with E-state index < -0.39 is 0 Å². The molecule has 122 valence electrons. The van der Waals surface area contributed by atoms with Gasteiger partial charge in [-0.1, -0.05) is 24.3 Å². The molecule has 1 fully saturated rings. The molecule has 1 aliphatic heterocycles. The van der Waals surface area contributed by atoms with Gasteiger partial charge in [0.25, 0.3) is 0 Å². The highest BCUT2D eigenvalue weighted by Gasteiger charge is 2.11. The summed E-state index contributed by atoms with van der Waals surface area (Å²) in [4.78, 5) is 4.66. The average Bonchev–Trinajstić information content (AvgIpc) is 2.99. The third kappa shape index (κ3) is 6.30. The zero-order valence-corrected chi connectivity index (χ0v) is 14.6. The Morgan fingerprint density at radius 1 is 1.09 bits per heavy atom. The monoisotopic (exact) mass is 320 g/mol. The van der Waals surface area contributed by atoms with Gasteiger partial charge in [-0.15, -0.1) is 0 Å². The molecule has 0 bridgehead atoms. The smallest absolute Gasteiger partial charge is 0.166 e. The molecule has 0 atom stereocenters. The lowest BCUT2D eigenvalue weighted by molar-refractivity contribution is 0.331. The normalized spacial score (nSPS) is 15.2. The van der Waals surface area contributed by atoms with E-state index in [-0.39, 0.29) is 0 Å². The lowest BCUT2D eigenvalue weighted by atomic mass is 10.1. The van der Waals surface area contributed by atoms with Crippen LogP contribution in [0.5, 0.6) is 0 Å². The summed E-state index contributed by atoms with van der Waals surface area (Å²) in [6.07, 6.45) is 2.69. The Bertz CT molecular complexity index is 452. The van der Waals surface area contributed by atoms with E-state index in [4.69, 9.17) is 12.2 Å². The Labute approximate surface area is 139 Å². The van der Waals surface area contributed by atoms with Gasteiger partial charge in [0.15, 0.2) is 5.11 Å². The van der Waals surface area contributed by atoms with Crippen LogP contribution in [0.25, 0.3) is 0 Å². The van der Waals surface area contributed by atoms with Crippen molar-refractivity contribution in [2.24, 2.45) is 0 Å². The number of likely N-dealkylation sites (tertiary alicyclic amines) is 1. The van der Waals surface area contributed by atoms with E-state index >= 15 is 0 Å². The van der Waals surface area contributed by atoms with Crippen molar-refractivity contribution in [2.75, 3.05) is 40.3 Å². The highest BCUT2D eigenvalue weighted by molar-refractivity contribution is 7.80. The summed E-state index contributed by atoms with van der Waals surface area (Å²) in [6.45, 7) is 6.20. The zero-order chi connectivity index (χ0) is 15.8. The van der Waals surface area contributed by atoms with Crippen molar-refractivity contribution in [3.63, 3.8) is 0 Å². The second-order valence-electron chi connectivity index (χ2n) is 6.21. The number of nitrogens with one attached hydrogen (secondary N) is 2. The molecule has 1 aliphatic rings. The van der Waals surface area contributed by atoms with Crippen LogP contribution in [0.3, 0.4) is 0 Å². The fourth-order valence-corrected chi connectivity index (χ4v) is 2.77. The van der Waals surface area contributed by atoms with Crippen LogP contribution >= 0.6 is 12.2 Å². The van der Waals surface area contributed by atoms with Gasteiger partial charge in [0.05, 0.1) is 0 Å². The molecule has 2 N–H and O–H groups in total. The van der Waals surface area contributed by atoms with E-state index in [0.29, 0.717) is 0 Å². The predicted molar refractivity (Wildman–Crippen MR) is 96.9 cm³/mol. The molecule has 0 radical (unpaired) electrons. The van der Waals surface area contributed by atoms with Gasteiger partial charge in [-0.3, -0.25) is 4.90 Å². The van der Waals surface area contributed by atoms with Crippen LogP contribution in [0.2, 0.25) is 0 Å². The predicted octanol–water partition coefficient (Wildman–Crippen LogP) is 1.81. The molecular weight excluding hydrogens is 292 g/mol. The maximum atomic E-state index is 5.28. The van der Waals surface area contributed by atoms with Gasteiger partial charge in [0.2, 0.25) is 0 Å². The Hall–Kier alpha value is -1.17. The molecule has 1 heterocycles. The topological polar surface area (TPSA) is 30.5 Å². The number of thiocarbonyl (C=S) groups is 1. The highest BCUT2D eigenvalue weighted by Crippen LogP contribution is 2.13. The van der Waals surface area contributed by atoms with Crippen LogP contribution in [0.15, 0.2) is 24.3 Å². The Morgan fingerprint density at radius 2 is 1.73 bits per heavy atom. The maximum absolute atomic E-state index is 5.28. The summed E-state index contributed by atoms with van der Waals surface area (Å²) in [5.74, 6) is 0. The number of hydrogen-bond donors (Lipinski definition) is 2. The first-order valence-electron chi connectivity index (χ1n) is 8.10. The SMILES string of the molecule is CN(C)CCNC(=S)NCc1ccc(CN2CCCC2)cc1. The molecule has 0 spiro atoms. The van der Waals surface area contributed by atoms with E-state index in [9.17, 15) is 0 Å². The minimum Gasteiger partial charge on any atom is -0.361 e. The summed E-state index contributed by atoms with van der Waals surface area (Å²) in [5, 5.41) is 7.20. The summed E-state index contributed by atoms with van der Waals surface area (Å²) >= 11 is 5.28. The second kappa shape index (κ2) is 9.08. The van der Waals surface area contributed by atoms with Crippen molar-refractivity contribution in [3.05, 3.63) is 35.4 Å². The largest absolute Gasteiger partial charge is 0.361 e. The first kappa shape index (κ1) is 17.2. The van der Waals surface area contributed by atoms with Crippen molar-refractivity contribution in [1.82, 2.24) is 20.4 Å². The molecule has 1 aromatic carbocycles. The van der Waals surface area contributed by atoms with E-state index in [1.807, 2.05) is 0 Å². The molecule has 0 saturated carbocycles. The summed E-state index contributed by atoms with van der Waals surface area (Å²) in [6, 6.07) is 8.86. The van der Waals surface area contributed by atoms with Gasteiger partial charge < -0.3 is 15.5 Å². The lowest BCUT2D eigenvalue weighted by Crippen LogP contribution is -2.38. The molecule has 2 rings (SSSR count). The molecule has 1 aromatic rings. The maximum Gasteiger partial charge on any atom is 0.166 e. The molecule has 1 saturated heterocycles. The zero-order valence-electron chi connectivity index (χ0n) is 13.8. The molecule has 0 aliphatic carbocycles. The van der Waals surface area contributed by atoms with Crippen LogP contribution in [-0.4, -0.2) is 55.2 Å². The first-order chi connectivity index (χ1) is 10.6. The van der Waals surface area contributed by atoms with Gasteiger partial charge in [0, 0.05) is 26.2 Å². The molecule has 0 amide bonds. The molecule has 4 nitrogen and oxygen atoms in total. The van der Waals surface area contributed by atoms with Crippen molar-refractivity contribution in [3.8, 4) is 0 Å². The molecule has 5 heteroatoms. The summed E-state index contributed by atoms with van der Waals surface area (Å²) < 4.78 is 0. The van der Waals surface area contributed by atoms with Crippen LogP contribution < -0.4 is 10.6 Å². The fourth-order valence-electron chi connectivity index (χ4n) is 2.60. The average molecular weight is 321 g/mol. The van der Waals surface area contributed by atoms with E-state index in [2.05, 4.69) is 58.8 Å². The highest BCUT2D eigenvalue weighted by atomic mass is 32.1. The minimum atomic E-state index is 0.725. The van der Waals surface area contributed by atoms with Crippen LogP contribution in [0.1, 0.15) is 24.0 Å². The Morgan fingerprint density at radius 3 is 2.36 bits per heavy atom. The molecule has 0 aromatic heterocycles. The number of benzene rings is 1. The van der Waals surface area contributed by atoms with Crippen molar-refractivity contribution in [2.45, 2.75) is 25.9 Å².